The average Bonchev–Trinajstić information content (AvgIpc) is 3.29. The van der Waals surface area contributed by atoms with E-state index in [9.17, 15) is 9.59 Å². The van der Waals surface area contributed by atoms with Gasteiger partial charge in [0, 0.05) is 31.5 Å². The molecule has 0 aliphatic carbocycles. The van der Waals surface area contributed by atoms with Gasteiger partial charge < -0.3 is 4.90 Å². The van der Waals surface area contributed by atoms with Gasteiger partial charge in [0.2, 0.25) is 11.9 Å². The Morgan fingerprint density at radius 3 is 2.55 bits per heavy atom. The second-order valence-corrected chi connectivity index (χ2v) is 7.35. The van der Waals surface area contributed by atoms with Crippen molar-refractivity contribution in [1.29, 1.82) is 0 Å². The SMILES string of the molecule is O=C(NNC(=O)C1CC(c2ccccc2)NN1)C1CCCN(c2ncccn2)C1. The molecular weight excluding hydrogens is 370 g/mol. The van der Waals surface area contributed by atoms with Gasteiger partial charge in [0.15, 0.2) is 0 Å². The molecule has 0 saturated carbocycles. The van der Waals surface area contributed by atoms with Gasteiger partial charge in [-0.15, -0.1) is 0 Å². The lowest BCUT2D eigenvalue weighted by atomic mass is 9.97. The highest BCUT2D eigenvalue weighted by Gasteiger charge is 2.31. The fourth-order valence-corrected chi connectivity index (χ4v) is 3.77. The molecule has 2 fully saturated rings. The highest BCUT2D eigenvalue weighted by atomic mass is 16.2. The summed E-state index contributed by atoms with van der Waals surface area (Å²) in [5.74, 6) is -0.0466. The number of amides is 2. The van der Waals surface area contributed by atoms with Crippen LogP contribution in [-0.4, -0.2) is 40.9 Å². The Balaban J connectivity index is 1.25. The third kappa shape index (κ3) is 4.69. The van der Waals surface area contributed by atoms with Crippen molar-refractivity contribution < 1.29 is 9.59 Å². The number of hydrazine groups is 2. The first-order valence-corrected chi connectivity index (χ1v) is 9.88. The van der Waals surface area contributed by atoms with Crippen LogP contribution in [0.3, 0.4) is 0 Å². The minimum atomic E-state index is -0.416. The summed E-state index contributed by atoms with van der Waals surface area (Å²) in [4.78, 5) is 35.5. The Morgan fingerprint density at radius 2 is 1.76 bits per heavy atom. The highest BCUT2D eigenvalue weighted by molar-refractivity contribution is 5.86. The predicted octanol–water partition coefficient (Wildman–Crippen LogP) is 0.448. The number of rotatable bonds is 4. The predicted molar refractivity (Wildman–Crippen MR) is 107 cm³/mol. The van der Waals surface area contributed by atoms with Crippen molar-refractivity contribution in [1.82, 2.24) is 31.7 Å². The normalized spacial score (nSPS) is 24.1. The van der Waals surface area contributed by atoms with Crippen LogP contribution in [0.2, 0.25) is 0 Å². The van der Waals surface area contributed by atoms with Crippen LogP contribution < -0.4 is 26.6 Å². The van der Waals surface area contributed by atoms with Crippen LogP contribution in [0.4, 0.5) is 5.95 Å². The van der Waals surface area contributed by atoms with Crippen LogP contribution in [0, 0.1) is 5.92 Å². The number of nitrogens with one attached hydrogen (secondary N) is 4. The summed E-state index contributed by atoms with van der Waals surface area (Å²) >= 11 is 0. The minimum Gasteiger partial charge on any atom is -0.340 e. The van der Waals surface area contributed by atoms with Gasteiger partial charge >= 0.3 is 0 Å². The van der Waals surface area contributed by atoms with Crippen molar-refractivity contribution in [3.05, 3.63) is 54.4 Å². The Kier molecular flexibility index (Phi) is 5.97. The average molecular weight is 395 g/mol. The molecule has 0 bridgehead atoms. The van der Waals surface area contributed by atoms with E-state index in [1.165, 1.54) is 0 Å². The Hall–Kier alpha value is -3.04. The van der Waals surface area contributed by atoms with E-state index >= 15 is 0 Å². The fourth-order valence-electron chi connectivity index (χ4n) is 3.77. The topological polar surface area (TPSA) is 111 Å². The fraction of sp³-hybridized carbons (Fsp3) is 0.400. The third-order valence-corrected chi connectivity index (χ3v) is 5.36. The van der Waals surface area contributed by atoms with Gasteiger partial charge in [-0.3, -0.25) is 20.4 Å². The number of hydrogen-bond acceptors (Lipinski definition) is 7. The van der Waals surface area contributed by atoms with Crippen molar-refractivity contribution in [3.8, 4) is 0 Å². The smallest absolute Gasteiger partial charge is 0.256 e. The van der Waals surface area contributed by atoms with Crippen molar-refractivity contribution in [3.63, 3.8) is 0 Å². The summed E-state index contributed by atoms with van der Waals surface area (Å²) in [6, 6.07) is 11.3. The van der Waals surface area contributed by atoms with Gasteiger partial charge in [-0.2, -0.15) is 0 Å². The molecule has 4 rings (SSSR count). The molecule has 3 unspecified atom stereocenters. The lowest BCUT2D eigenvalue weighted by molar-refractivity contribution is -0.132. The molecule has 3 atom stereocenters. The number of anilines is 1. The molecule has 1 aromatic heterocycles. The van der Waals surface area contributed by atoms with E-state index in [-0.39, 0.29) is 23.8 Å². The monoisotopic (exact) mass is 395 g/mol. The zero-order valence-electron chi connectivity index (χ0n) is 16.0. The van der Waals surface area contributed by atoms with Gasteiger partial charge in [-0.25, -0.2) is 20.8 Å². The minimum absolute atomic E-state index is 0.0560. The molecule has 2 aliphatic rings. The first-order chi connectivity index (χ1) is 14.2. The molecule has 4 N–H and O–H groups in total. The van der Waals surface area contributed by atoms with Gasteiger partial charge in [0.25, 0.3) is 5.91 Å². The van der Waals surface area contributed by atoms with Gasteiger partial charge in [0.1, 0.15) is 6.04 Å². The van der Waals surface area contributed by atoms with Crippen LogP contribution in [0.5, 0.6) is 0 Å². The van der Waals surface area contributed by atoms with Gasteiger partial charge in [-0.05, 0) is 30.9 Å². The molecule has 2 aliphatic heterocycles. The summed E-state index contributed by atoms with van der Waals surface area (Å²) in [7, 11) is 0. The summed E-state index contributed by atoms with van der Waals surface area (Å²) in [6.45, 7) is 1.35. The van der Waals surface area contributed by atoms with Gasteiger partial charge in [0.05, 0.1) is 5.92 Å². The maximum Gasteiger partial charge on any atom is 0.256 e. The lowest BCUT2D eigenvalue weighted by Gasteiger charge is -2.31. The van der Waals surface area contributed by atoms with Crippen LogP contribution in [0.25, 0.3) is 0 Å². The van der Waals surface area contributed by atoms with E-state index in [1.807, 2.05) is 35.2 Å². The molecule has 9 nitrogen and oxygen atoms in total. The van der Waals surface area contributed by atoms with Crippen molar-refractivity contribution >= 4 is 17.8 Å². The molecule has 2 aromatic rings. The van der Waals surface area contributed by atoms with Crippen molar-refractivity contribution in [2.24, 2.45) is 5.92 Å². The van der Waals surface area contributed by atoms with E-state index in [0.29, 0.717) is 18.9 Å². The number of nitrogens with zero attached hydrogens (tertiary/aromatic N) is 3. The molecule has 3 heterocycles. The largest absolute Gasteiger partial charge is 0.340 e. The van der Waals surface area contributed by atoms with Crippen molar-refractivity contribution in [2.45, 2.75) is 31.3 Å². The maximum absolute atomic E-state index is 12.6. The van der Waals surface area contributed by atoms with E-state index < -0.39 is 6.04 Å². The molecule has 152 valence electrons. The molecular formula is C20H25N7O2. The number of carbonyl (C=O) groups excluding carboxylic acids is 2. The number of benzene rings is 1. The Morgan fingerprint density at radius 1 is 1.00 bits per heavy atom. The third-order valence-electron chi connectivity index (χ3n) is 5.36. The zero-order valence-corrected chi connectivity index (χ0v) is 16.0. The Labute approximate surface area is 169 Å². The van der Waals surface area contributed by atoms with E-state index in [4.69, 9.17) is 0 Å². The van der Waals surface area contributed by atoms with Crippen molar-refractivity contribution in [2.75, 3.05) is 18.0 Å². The lowest BCUT2D eigenvalue weighted by Crippen LogP contribution is -2.53. The molecule has 1 aromatic carbocycles. The molecule has 2 amide bonds. The summed E-state index contributed by atoms with van der Waals surface area (Å²) in [5, 5.41) is 0. The first-order valence-electron chi connectivity index (χ1n) is 9.88. The highest BCUT2D eigenvalue weighted by Crippen LogP contribution is 2.22. The quantitative estimate of drug-likeness (QED) is 0.556. The molecule has 9 heteroatoms. The Bertz CT molecular complexity index is 833. The molecule has 2 saturated heterocycles. The molecule has 29 heavy (non-hydrogen) atoms. The molecule has 0 spiro atoms. The summed E-state index contributed by atoms with van der Waals surface area (Å²) in [5.41, 5.74) is 12.4. The maximum atomic E-state index is 12.6. The standard InChI is InChI=1S/C20H25N7O2/c28-18(15-8-4-11-27(13-15)20-21-9-5-10-22-20)25-26-19(29)17-12-16(23-24-17)14-6-2-1-3-7-14/h1-3,5-7,9-10,15-17,23-24H,4,8,11-13H2,(H,25,28)(H,26,29). The first kappa shape index (κ1) is 19.3. The second-order valence-electron chi connectivity index (χ2n) is 7.35. The number of aromatic nitrogens is 2. The van der Waals surface area contributed by atoms with Crippen LogP contribution in [0.1, 0.15) is 30.9 Å². The number of hydrogen-bond donors (Lipinski definition) is 4. The van der Waals surface area contributed by atoms with E-state index in [2.05, 4.69) is 31.7 Å². The number of piperidine rings is 1. The van der Waals surface area contributed by atoms with Gasteiger partial charge in [-0.1, -0.05) is 30.3 Å². The van der Waals surface area contributed by atoms with E-state index in [1.54, 1.807) is 18.5 Å². The van der Waals surface area contributed by atoms with Crippen LogP contribution in [0.15, 0.2) is 48.8 Å². The summed E-state index contributed by atoms with van der Waals surface area (Å²) in [6.07, 6.45) is 5.63. The van der Waals surface area contributed by atoms with E-state index in [0.717, 1.165) is 24.9 Å². The zero-order chi connectivity index (χ0) is 20.1. The van der Waals surface area contributed by atoms with Crippen LogP contribution in [-0.2, 0) is 9.59 Å². The second kappa shape index (κ2) is 8.97. The van der Waals surface area contributed by atoms with Crippen LogP contribution >= 0.6 is 0 Å². The summed E-state index contributed by atoms with van der Waals surface area (Å²) < 4.78 is 0. The molecule has 0 radical (unpaired) electrons. The number of carbonyl (C=O) groups is 2.